The highest BCUT2D eigenvalue weighted by molar-refractivity contribution is 5.78. The van der Waals surface area contributed by atoms with Crippen molar-refractivity contribution >= 4 is 5.91 Å². The van der Waals surface area contributed by atoms with Crippen molar-refractivity contribution in [1.82, 2.24) is 10.6 Å². The first-order valence-corrected chi connectivity index (χ1v) is 7.46. The molecule has 1 saturated carbocycles. The Balaban J connectivity index is 1.83. The van der Waals surface area contributed by atoms with Crippen LogP contribution in [0.3, 0.4) is 0 Å². The Hall–Kier alpha value is -1.62. The smallest absolute Gasteiger partial charge is 0.234 e. The second-order valence-electron chi connectivity index (χ2n) is 5.55. The maximum absolute atomic E-state index is 13.7. The van der Waals surface area contributed by atoms with E-state index < -0.39 is 5.82 Å². The third kappa shape index (κ3) is 4.43. The first-order valence-electron chi connectivity index (χ1n) is 7.46. The first kappa shape index (κ1) is 15.8. The molecule has 0 aliphatic heterocycles. The van der Waals surface area contributed by atoms with Crippen LogP contribution in [-0.4, -0.2) is 25.6 Å². The van der Waals surface area contributed by atoms with Crippen molar-refractivity contribution in [3.05, 3.63) is 29.6 Å². The topological polar surface area (TPSA) is 50.4 Å². The molecule has 4 nitrogen and oxygen atoms in total. The van der Waals surface area contributed by atoms with Gasteiger partial charge in [0, 0.05) is 6.04 Å². The van der Waals surface area contributed by atoms with E-state index in [1.54, 1.807) is 12.1 Å². The van der Waals surface area contributed by atoms with Crippen LogP contribution in [0.25, 0.3) is 0 Å². The Bertz CT molecular complexity index is 487. The number of carbonyl (C=O) groups excluding carboxylic acids is 1. The second-order valence-corrected chi connectivity index (χ2v) is 5.55. The Kier molecular flexibility index (Phi) is 5.56. The summed E-state index contributed by atoms with van der Waals surface area (Å²) in [6.45, 7) is 2.16. The molecule has 1 aromatic carbocycles. The lowest BCUT2D eigenvalue weighted by molar-refractivity contribution is -0.121. The van der Waals surface area contributed by atoms with Gasteiger partial charge in [-0.15, -0.1) is 0 Å². The number of hydrogen-bond donors (Lipinski definition) is 2. The van der Waals surface area contributed by atoms with Crippen molar-refractivity contribution in [2.45, 2.75) is 44.7 Å². The average molecular weight is 294 g/mol. The zero-order valence-corrected chi connectivity index (χ0v) is 12.6. The van der Waals surface area contributed by atoms with Gasteiger partial charge in [0.2, 0.25) is 5.91 Å². The number of halogens is 1. The van der Waals surface area contributed by atoms with E-state index in [1.807, 2.05) is 6.92 Å². The van der Waals surface area contributed by atoms with Crippen molar-refractivity contribution in [2.24, 2.45) is 0 Å². The highest BCUT2D eigenvalue weighted by atomic mass is 19.1. The summed E-state index contributed by atoms with van der Waals surface area (Å²) in [4.78, 5) is 11.9. The van der Waals surface area contributed by atoms with E-state index in [0.717, 1.165) is 18.4 Å². The minimum absolute atomic E-state index is 0.0642. The number of nitrogens with one attached hydrogen (secondary N) is 2. The van der Waals surface area contributed by atoms with Gasteiger partial charge in [-0.25, -0.2) is 4.39 Å². The van der Waals surface area contributed by atoms with Gasteiger partial charge in [0.05, 0.1) is 19.7 Å². The van der Waals surface area contributed by atoms with Gasteiger partial charge >= 0.3 is 0 Å². The largest absolute Gasteiger partial charge is 0.494 e. The van der Waals surface area contributed by atoms with Gasteiger partial charge in [-0.3, -0.25) is 4.79 Å². The van der Waals surface area contributed by atoms with Crippen LogP contribution in [0.4, 0.5) is 4.39 Å². The van der Waals surface area contributed by atoms with Crippen LogP contribution >= 0.6 is 0 Å². The zero-order valence-electron chi connectivity index (χ0n) is 12.6. The van der Waals surface area contributed by atoms with Crippen LogP contribution in [0.15, 0.2) is 18.2 Å². The van der Waals surface area contributed by atoms with Crippen molar-refractivity contribution in [3.8, 4) is 5.75 Å². The molecule has 5 heteroatoms. The summed E-state index contributed by atoms with van der Waals surface area (Å²) in [6.07, 6.45) is 4.76. The van der Waals surface area contributed by atoms with E-state index in [9.17, 15) is 9.18 Å². The molecule has 1 unspecified atom stereocenters. The van der Waals surface area contributed by atoms with Gasteiger partial charge in [-0.1, -0.05) is 18.9 Å². The Morgan fingerprint density at radius 1 is 1.43 bits per heavy atom. The van der Waals surface area contributed by atoms with E-state index in [-0.39, 0.29) is 17.7 Å². The predicted molar refractivity (Wildman–Crippen MR) is 79.8 cm³/mol. The average Bonchev–Trinajstić information content (AvgIpc) is 2.98. The van der Waals surface area contributed by atoms with Gasteiger partial charge < -0.3 is 15.4 Å². The molecule has 1 amide bonds. The van der Waals surface area contributed by atoms with E-state index >= 15 is 0 Å². The molecule has 116 valence electrons. The van der Waals surface area contributed by atoms with E-state index in [2.05, 4.69) is 10.6 Å². The van der Waals surface area contributed by atoms with Crippen LogP contribution in [0, 0.1) is 5.82 Å². The summed E-state index contributed by atoms with van der Waals surface area (Å²) in [5.74, 6) is -0.272. The molecule has 2 N–H and O–H groups in total. The number of ether oxygens (including phenoxy) is 1. The number of carbonyl (C=O) groups is 1. The second kappa shape index (κ2) is 7.41. The SMILES string of the molecule is COc1ccc(C(C)NC(=O)CNC2CCCC2)cc1F. The minimum Gasteiger partial charge on any atom is -0.494 e. The number of benzene rings is 1. The quantitative estimate of drug-likeness (QED) is 0.847. The van der Waals surface area contributed by atoms with Crippen LogP contribution < -0.4 is 15.4 Å². The van der Waals surface area contributed by atoms with Crippen LogP contribution in [0.5, 0.6) is 5.75 Å². The number of amides is 1. The molecule has 2 rings (SSSR count). The first-order chi connectivity index (χ1) is 10.1. The lowest BCUT2D eigenvalue weighted by atomic mass is 10.1. The molecule has 0 aromatic heterocycles. The number of rotatable bonds is 6. The fourth-order valence-corrected chi connectivity index (χ4v) is 2.69. The molecule has 1 aliphatic carbocycles. The normalized spacial score (nSPS) is 16.7. The summed E-state index contributed by atoms with van der Waals surface area (Å²) < 4.78 is 18.5. The summed E-state index contributed by atoms with van der Waals surface area (Å²) in [5.41, 5.74) is 0.725. The monoisotopic (exact) mass is 294 g/mol. The zero-order chi connectivity index (χ0) is 15.2. The summed E-state index contributed by atoms with van der Waals surface area (Å²) >= 11 is 0. The van der Waals surface area contributed by atoms with Crippen LogP contribution in [0.1, 0.15) is 44.2 Å². The van der Waals surface area contributed by atoms with Gasteiger partial charge in [0.15, 0.2) is 11.6 Å². The molecule has 0 heterocycles. The van der Waals surface area contributed by atoms with Crippen molar-refractivity contribution in [2.75, 3.05) is 13.7 Å². The van der Waals surface area contributed by atoms with Gasteiger partial charge in [-0.05, 0) is 37.5 Å². The predicted octanol–water partition coefficient (Wildman–Crippen LogP) is 2.54. The van der Waals surface area contributed by atoms with Crippen molar-refractivity contribution < 1.29 is 13.9 Å². The molecule has 0 spiro atoms. The Labute approximate surface area is 125 Å². The fraction of sp³-hybridized carbons (Fsp3) is 0.562. The summed E-state index contributed by atoms with van der Waals surface area (Å²) in [7, 11) is 1.43. The van der Waals surface area contributed by atoms with Gasteiger partial charge in [0.25, 0.3) is 0 Å². The van der Waals surface area contributed by atoms with Gasteiger partial charge in [0.1, 0.15) is 0 Å². The number of methoxy groups -OCH3 is 1. The van der Waals surface area contributed by atoms with E-state index in [4.69, 9.17) is 4.74 Å². The highest BCUT2D eigenvalue weighted by Crippen LogP contribution is 2.21. The van der Waals surface area contributed by atoms with Crippen molar-refractivity contribution in [3.63, 3.8) is 0 Å². The minimum atomic E-state index is -0.417. The third-order valence-electron chi connectivity index (χ3n) is 3.96. The molecule has 0 saturated heterocycles. The van der Waals surface area contributed by atoms with Gasteiger partial charge in [-0.2, -0.15) is 0 Å². The molecule has 21 heavy (non-hydrogen) atoms. The molecular formula is C16H23FN2O2. The lowest BCUT2D eigenvalue weighted by Crippen LogP contribution is -2.39. The fourth-order valence-electron chi connectivity index (χ4n) is 2.69. The van der Waals surface area contributed by atoms with Crippen molar-refractivity contribution in [1.29, 1.82) is 0 Å². The third-order valence-corrected chi connectivity index (χ3v) is 3.96. The molecule has 1 aromatic rings. The Morgan fingerprint density at radius 2 is 2.14 bits per heavy atom. The number of hydrogen-bond acceptors (Lipinski definition) is 3. The standard InChI is InChI=1S/C16H23FN2O2/c1-11(12-7-8-15(21-2)14(17)9-12)19-16(20)10-18-13-5-3-4-6-13/h7-9,11,13,18H,3-6,10H2,1-2H3,(H,19,20). The maximum Gasteiger partial charge on any atom is 0.234 e. The maximum atomic E-state index is 13.7. The van der Waals surface area contributed by atoms with Crippen LogP contribution in [0.2, 0.25) is 0 Å². The van der Waals surface area contributed by atoms with Crippen LogP contribution in [-0.2, 0) is 4.79 Å². The molecule has 1 atom stereocenters. The molecule has 1 aliphatic rings. The highest BCUT2D eigenvalue weighted by Gasteiger charge is 2.16. The molecule has 0 bridgehead atoms. The molecule has 0 radical (unpaired) electrons. The van der Waals surface area contributed by atoms with E-state index in [0.29, 0.717) is 12.6 Å². The lowest BCUT2D eigenvalue weighted by Gasteiger charge is -2.17. The molecular weight excluding hydrogens is 271 g/mol. The Morgan fingerprint density at radius 3 is 2.76 bits per heavy atom. The summed E-state index contributed by atoms with van der Waals surface area (Å²) in [6, 6.07) is 4.96. The summed E-state index contributed by atoms with van der Waals surface area (Å²) in [5, 5.41) is 6.14. The van der Waals surface area contributed by atoms with E-state index in [1.165, 1.54) is 26.0 Å². The molecule has 1 fully saturated rings.